The van der Waals surface area contributed by atoms with Gasteiger partial charge in [-0.3, -0.25) is 4.90 Å². The molecule has 0 atom stereocenters. The minimum atomic E-state index is 0.614. The summed E-state index contributed by atoms with van der Waals surface area (Å²) in [5.74, 6) is 1.67. The highest BCUT2D eigenvalue weighted by molar-refractivity contribution is 7.07. The van der Waals surface area contributed by atoms with Crippen molar-refractivity contribution in [1.29, 1.82) is 0 Å². The van der Waals surface area contributed by atoms with Crippen molar-refractivity contribution in [3.05, 3.63) is 46.3 Å². The van der Waals surface area contributed by atoms with E-state index in [-0.39, 0.29) is 0 Å². The third-order valence-corrected chi connectivity index (χ3v) is 6.20. The number of rotatable bonds is 5. The highest BCUT2D eigenvalue weighted by Gasteiger charge is 2.24. The lowest BCUT2D eigenvalue weighted by molar-refractivity contribution is 0.200. The van der Waals surface area contributed by atoms with Crippen LogP contribution in [0.2, 0.25) is 0 Å². The standard InChI is InChI=1S/C21H26N4OS/c1-15-19-5-4-18(26-3)12-20(19)23-21(22-15)25-9-6-17(7-10-25)24(2)13-16-8-11-27-14-16/h4-5,8,11-12,14,17H,6-7,9-10,13H2,1-3H3. The second kappa shape index (κ2) is 7.82. The van der Waals surface area contributed by atoms with Crippen molar-refractivity contribution < 1.29 is 4.74 Å². The zero-order chi connectivity index (χ0) is 18.8. The maximum atomic E-state index is 5.35. The summed E-state index contributed by atoms with van der Waals surface area (Å²) in [4.78, 5) is 14.4. The van der Waals surface area contributed by atoms with Crippen molar-refractivity contribution in [1.82, 2.24) is 14.9 Å². The van der Waals surface area contributed by atoms with Crippen LogP contribution in [0.4, 0.5) is 5.95 Å². The summed E-state index contributed by atoms with van der Waals surface area (Å²) in [6.07, 6.45) is 2.28. The van der Waals surface area contributed by atoms with Gasteiger partial charge >= 0.3 is 0 Å². The SMILES string of the molecule is COc1ccc2c(C)nc(N3CCC(N(C)Cc4ccsc4)CC3)nc2c1. The van der Waals surface area contributed by atoms with Crippen LogP contribution in [0, 0.1) is 6.92 Å². The van der Waals surface area contributed by atoms with Crippen molar-refractivity contribution in [3.8, 4) is 5.75 Å². The van der Waals surface area contributed by atoms with Crippen molar-refractivity contribution in [2.75, 3.05) is 32.1 Å². The summed E-state index contributed by atoms with van der Waals surface area (Å²) in [6, 6.07) is 8.83. The van der Waals surface area contributed by atoms with Crippen LogP contribution >= 0.6 is 11.3 Å². The Kier molecular flexibility index (Phi) is 5.27. The third-order valence-electron chi connectivity index (χ3n) is 5.47. The number of fused-ring (bicyclic) bond motifs is 1. The molecule has 0 bridgehead atoms. The van der Waals surface area contributed by atoms with Crippen LogP contribution in [-0.2, 0) is 6.54 Å². The normalized spacial score (nSPS) is 15.6. The molecule has 3 heterocycles. The molecule has 5 nitrogen and oxygen atoms in total. The largest absolute Gasteiger partial charge is 0.497 e. The summed E-state index contributed by atoms with van der Waals surface area (Å²) in [6.45, 7) is 5.07. The van der Waals surface area contributed by atoms with Gasteiger partial charge in [0.1, 0.15) is 5.75 Å². The fraction of sp³-hybridized carbons (Fsp3) is 0.429. The van der Waals surface area contributed by atoms with Gasteiger partial charge in [-0.25, -0.2) is 9.97 Å². The number of piperidine rings is 1. The van der Waals surface area contributed by atoms with Gasteiger partial charge in [-0.05, 0) is 61.3 Å². The molecule has 0 unspecified atom stereocenters. The molecule has 6 heteroatoms. The summed E-state index contributed by atoms with van der Waals surface area (Å²) < 4.78 is 5.35. The van der Waals surface area contributed by atoms with Crippen LogP contribution in [0.25, 0.3) is 10.9 Å². The minimum absolute atomic E-state index is 0.614. The van der Waals surface area contributed by atoms with E-state index < -0.39 is 0 Å². The first kappa shape index (κ1) is 18.2. The lowest BCUT2D eigenvalue weighted by Gasteiger charge is -2.36. The van der Waals surface area contributed by atoms with Crippen molar-refractivity contribution in [2.45, 2.75) is 32.4 Å². The zero-order valence-electron chi connectivity index (χ0n) is 16.2. The maximum Gasteiger partial charge on any atom is 0.226 e. The molecular formula is C21H26N4OS. The fourth-order valence-electron chi connectivity index (χ4n) is 3.83. The molecule has 1 aliphatic heterocycles. The van der Waals surface area contributed by atoms with Gasteiger partial charge < -0.3 is 9.64 Å². The first-order valence-corrected chi connectivity index (χ1v) is 10.4. The summed E-state index contributed by atoms with van der Waals surface area (Å²) >= 11 is 1.77. The van der Waals surface area contributed by atoms with Crippen molar-refractivity contribution in [3.63, 3.8) is 0 Å². The van der Waals surface area contributed by atoms with Gasteiger partial charge in [-0.1, -0.05) is 0 Å². The number of aryl methyl sites for hydroxylation is 1. The average Bonchev–Trinajstić information content (AvgIpc) is 3.20. The van der Waals surface area contributed by atoms with E-state index in [1.54, 1.807) is 18.4 Å². The number of aromatic nitrogens is 2. The first-order chi connectivity index (χ1) is 13.1. The van der Waals surface area contributed by atoms with Gasteiger partial charge in [-0.2, -0.15) is 11.3 Å². The van der Waals surface area contributed by atoms with E-state index in [1.807, 2.05) is 18.2 Å². The summed E-state index contributed by atoms with van der Waals surface area (Å²) in [5, 5.41) is 5.48. The zero-order valence-corrected chi connectivity index (χ0v) is 17.0. The number of anilines is 1. The Morgan fingerprint density at radius 1 is 1.22 bits per heavy atom. The van der Waals surface area contributed by atoms with E-state index in [0.29, 0.717) is 6.04 Å². The molecule has 0 N–H and O–H groups in total. The van der Waals surface area contributed by atoms with Gasteiger partial charge in [-0.15, -0.1) is 0 Å². The molecule has 2 aromatic heterocycles. The molecule has 0 radical (unpaired) electrons. The quantitative estimate of drug-likeness (QED) is 0.664. The first-order valence-electron chi connectivity index (χ1n) is 9.42. The van der Waals surface area contributed by atoms with Crippen LogP contribution < -0.4 is 9.64 Å². The van der Waals surface area contributed by atoms with Gasteiger partial charge in [0.05, 0.1) is 18.3 Å². The van der Waals surface area contributed by atoms with Crippen LogP contribution in [0.5, 0.6) is 5.75 Å². The molecule has 4 rings (SSSR count). The predicted octanol–water partition coefficient (Wildman–Crippen LogP) is 4.11. The van der Waals surface area contributed by atoms with Crippen LogP contribution in [0.15, 0.2) is 35.0 Å². The Hall–Kier alpha value is -2.18. The van der Waals surface area contributed by atoms with E-state index in [0.717, 1.165) is 60.8 Å². The van der Waals surface area contributed by atoms with E-state index in [4.69, 9.17) is 14.7 Å². The van der Waals surface area contributed by atoms with Crippen molar-refractivity contribution in [2.24, 2.45) is 0 Å². The number of hydrogen-bond donors (Lipinski definition) is 0. The second-order valence-corrected chi connectivity index (χ2v) is 8.04. The number of hydrogen-bond acceptors (Lipinski definition) is 6. The molecule has 142 valence electrons. The highest BCUT2D eigenvalue weighted by Crippen LogP contribution is 2.26. The van der Waals surface area contributed by atoms with Gasteiger partial charge in [0.25, 0.3) is 0 Å². The minimum Gasteiger partial charge on any atom is -0.497 e. The smallest absolute Gasteiger partial charge is 0.226 e. The van der Waals surface area contributed by atoms with E-state index in [1.165, 1.54) is 5.56 Å². The Bertz CT molecular complexity index is 904. The molecule has 0 spiro atoms. The molecule has 1 saturated heterocycles. The van der Waals surface area contributed by atoms with Gasteiger partial charge in [0, 0.05) is 37.1 Å². The van der Waals surface area contributed by atoms with Crippen LogP contribution in [0.3, 0.4) is 0 Å². The summed E-state index contributed by atoms with van der Waals surface area (Å²) in [7, 11) is 3.93. The molecule has 1 aromatic carbocycles. The number of nitrogens with zero attached hydrogens (tertiary/aromatic N) is 4. The lowest BCUT2D eigenvalue weighted by Crippen LogP contribution is -2.43. The Labute approximate surface area is 164 Å². The molecule has 1 aliphatic rings. The van der Waals surface area contributed by atoms with E-state index in [9.17, 15) is 0 Å². The number of thiophene rings is 1. The molecule has 1 fully saturated rings. The van der Waals surface area contributed by atoms with Gasteiger partial charge in [0.2, 0.25) is 5.95 Å². The topological polar surface area (TPSA) is 41.5 Å². The molecule has 0 saturated carbocycles. The van der Waals surface area contributed by atoms with Gasteiger partial charge in [0.15, 0.2) is 0 Å². The Morgan fingerprint density at radius 3 is 2.74 bits per heavy atom. The molecular weight excluding hydrogens is 356 g/mol. The lowest BCUT2D eigenvalue weighted by atomic mass is 10.0. The van der Waals surface area contributed by atoms with Crippen molar-refractivity contribution >= 4 is 28.2 Å². The number of methoxy groups -OCH3 is 1. The second-order valence-electron chi connectivity index (χ2n) is 7.26. The molecule has 0 amide bonds. The molecule has 3 aromatic rings. The average molecular weight is 383 g/mol. The monoisotopic (exact) mass is 382 g/mol. The highest BCUT2D eigenvalue weighted by atomic mass is 32.1. The molecule has 0 aliphatic carbocycles. The third kappa shape index (κ3) is 3.92. The van der Waals surface area contributed by atoms with E-state index >= 15 is 0 Å². The number of benzene rings is 1. The maximum absolute atomic E-state index is 5.35. The predicted molar refractivity (Wildman–Crippen MR) is 112 cm³/mol. The van der Waals surface area contributed by atoms with E-state index in [2.05, 4.69) is 40.6 Å². The van der Waals surface area contributed by atoms with Crippen LogP contribution in [-0.4, -0.2) is 48.2 Å². The summed E-state index contributed by atoms with van der Waals surface area (Å²) in [5.41, 5.74) is 3.38. The van der Waals surface area contributed by atoms with Crippen LogP contribution in [0.1, 0.15) is 24.1 Å². The fourth-order valence-corrected chi connectivity index (χ4v) is 4.49. The molecule has 27 heavy (non-hydrogen) atoms. The Balaban J connectivity index is 1.46. The number of ether oxygens (including phenoxy) is 1. The Morgan fingerprint density at radius 2 is 2.04 bits per heavy atom.